The molecule has 24 heavy (non-hydrogen) atoms. The molecule has 0 aliphatic carbocycles. The van der Waals surface area contributed by atoms with Gasteiger partial charge in [0.1, 0.15) is 29.0 Å². The summed E-state index contributed by atoms with van der Waals surface area (Å²) in [5.74, 6) is 0.779. The van der Waals surface area contributed by atoms with Gasteiger partial charge in [-0.25, -0.2) is 9.78 Å². The minimum Gasteiger partial charge on any atom is -0.563 e. The molecule has 0 spiro atoms. The van der Waals surface area contributed by atoms with Crippen LogP contribution in [0, 0.1) is 0 Å². The minimum atomic E-state index is -1.00. The van der Waals surface area contributed by atoms with Crippen molar-refractivity contribution < 1.29 is 19.3 Å². The number of aromatic nitrogens is 2. The molecule has 1 aromatic heterocycles. The summed E-state index contributed by atoms with van der Waals surface area (Å²) in [5, 5.41) is 9.57. The number of carboxylic acids is 1. The van der Waals surface area contributed by atoms with Crippen molar-refractivity contribution in [2.24, 2.45) is 0 Å². The predicted molar refractivity (Wildman–Crippen MR) is 88.0 cm³/mol. The number of hydrogen-bond acceptors (Lipinski definition) is 5. The van der Waals surface area contributed by atoms with Gasteiger partial charge in [0.15, 0.2) is 0 Å². The number of H-pyrrole nitrogens is 1. The molecule has 0 saturated carbocycles. The van der Waals surface area contributed by atoms with E-state index in [0.717, 1.165) is 43.8 Å². The summed E-state index contributed by atoms with van der Waals surface area (Å²) in [7, 11) is 0.553. The Morgan fingerprint density at radius 3 is 3.12 bits per heavy atom. The number of carboxylic acid groups (broad SMARTS) is 1. The van der Waals surface area contributed by atoms with E-state index in [1.165, 1.54) is 0 Å². The van der Waals surface area contributed by atoms with Gasteiger partial charge in [0.05, 0.1) is 6.54 Å². The summed E-state index contributed by atoms with van der Waals surface area (Å²) in [4.78, 5) is 21.1. The van der Waals surface area contributed by atoms with Gasteiger partial charge in [0.25, 0.3) is 0 Å². The average molecular weight is 327 g/mol. The van der Waals surface area contributed by atoms with Crippen LogP contribution in [0.25, 0.3) is 0 Å². The molecule has 2 aromatic rings. The Bertz CT molecular complexity index is 744. The van der Waals surface area contributed by atoms with E-state index in [9.17, 15) is 9.90 Å². The topological polar surface area (TPSA) is 87.7 Å². The van der Waals surface area contributed by atoms with Crippen molar-refractivity contribution in [2.75, 3.05) is 13.1 Å². The van der Waals surface area contributed by atoms with Crippen LogP contribution in [0.4, 0.5) is 0 Å². The third kappa shape index (κ3) is 2.85. The maximum absolute atomic E-state index is 11.7. The number of carbonyl (C=O) groups is 1. The number of benzene rings is 1. The van der Waals surface area contributed by atoms with Gasteiger partial charge in [-0.1, -0.05) is 6.07 Å². The third-order valence-electron chi connectivity index (χ3n) is 4.40. The monoisotopic (exact) mass is 327 g/mol. The molecule has 1 fully saturated rings. The van der Waals surface area contributed by atoms with Crippen molar-refractivity contribution >= 4 is 13.5 Å². The zero-order valence-corrected chi connectivity index (χ0v) is 13.2. The highest BCUT2D eigenvalue weighted by atomic mass is 16.5. The molecule has 2 aliphatic heterocycles. The van der Waals surface area contributed by atoms with E-state index < -0.39 is 5.97 Å². The van der Waals surface area contributed by atoms with Crippen molar-refractivity contribution in [3.63, 3.8) is 0 Å². The van der Waals surface area contributed by atoms with Crippen molar-refractivity contribution in [2.45, 2.75) is 25.4 Å². The zero-order valence-electron chi connectivity index (χ0n) is 13.2. The molecule has 124 valence electrons. The second-order valence-corrected chi connectivity index (χ2v) is 6.15. The molecule has 7 nitrogen and oxygen atoms in total. The standard InChI is InChI=1S/C16H18BN3O4/c21-16(22)14-12(2-1-10-3-4-17-24-15(10)14)23-11-7-20(8-11)9-13-18-5-6-19-13/h1-2,5-6,11,17H,3-4,7-9H2,(H,18,19)(H,21,22). The molecule has 8 heteroatoms. The van der Waals surface area contributed by atoms with E-state index in [2.05, 4.69) is 14.9 Å². The lowest BCUT2D eigenvalue weighted by Crippen LogP contribution is -2.53. The smallest absolute Gasteiger partial charge is 0.343 e. The largest absolute Gasteiger partial charge is 0.563 e. The summed E-state index contributed by atoms with van der Waals surface area (Å²) >= 11 is 0. The molecule has 0 amide bonds. The molecular weight excluding hydrogens is 309 g/mol. The Morgan fingerprint density at radius 2 is 2.38 bits per heavy atom. The van der Waals surface area contributed by atoms with Crippen molar-refractivity contribution in [1.29, 1.82) is 0 Å². The number of fused-ring (bicyclic) bond motifs is 1. The molecule has 0 bridgehead atoms. The highest BCUT2D eigenvalue weighted by Crippen LogP contribution is 2.36. The summed E-state index contributed by atoms with van der Waals surface area (Å²) < 4.78 is 11.5. The van der Waals surface area contributed by atoms with E-state index in [4.69, 9.17) is 9.39 Å². The molecule has 1 saturated heterocycles. The molecule has 3 heterocycles. The summed E-state index contributed by atoms with van der Waals surface area (Å²) in [6.07, 6.45) is 5.28. The maximum Gasteiger partial charge on any atom is 0.343 e. The van der Waals surface area contributed by atoms with Gasteiger partial charge in [0, 0.05) is 25.5 Å². The Kier molecular flexibility index (Phi) is 3.89. The highest BCUT2D eigenvalue weighted by molar-refractivity contribution is 6.29. The number of nitrogens with one attached hydrogen (secondary N) is 1. The van der Waals surface area contributed by atoms with Crippen LogP contribution in [-0.4, -0.2) is 52.6 Å². The molecule has 1 aromatic carbocycles. The lowest BCUT2D eigenvalue weighted by Gasteiger charge is -2.38. The average Bonchev–Trinajstić information content (AvgIpc) is 3.05. The van der Waals surface area contributed by atoms with Crippen LogP contribution in [0.3, 0.4) is 0 Å². The molecular formula is C16H18BN3O4. The second-order valence-electron chi connectivity index (χ2n) is 6.15. The molecule has 2 N–H and O–H groups in total. The quantitative estimate of drug-likeness (QED) is 0.799. The van der Waals surface area contributed by atoms with Crippen LogP contribution in [0.1, 0.15) is 21.7 Å². The lowest BCUT2D eigenvalue weighted by atomic mass is 9.85. The Balaban J connectivity index is 1.45. The number of hydrogen-bond donors (Lipinski definition) is 2. The number of nitrogens with zero attached hydrogens (tertiary/aromatic N) is 2. The Labute approximate surface area is 139 Å². The number of likely N-dealkylation sites (tertiary alicyclic amines) is 1. The van der Waals surface area contributed by atoms with Gasteiger partial charge >= 0.3 is 13.5 Å². The highest BCUT2D eigenvalue weighted by Gasteiger charge is 2.31. The van der Waals surface area contributed by atoms with Crippen LogP contribution in [0.2, 0.25) is 6.32 Å². The summed E-state index contributed by atoms with van der Waals surface area (Å²) in [6.45, 7) is 2.24. The number of aromatic amines is 1. The zero-order chi connectivity index (χ0) is 16.5. The maximum atomic E-state index is 11.7. The van der Waals surface area contributed by atoms with Crippen molar-refractivity contribution in [3.05, 3.63) is 41.5 Å². The lowest BCUT2D eigenvalue weighted by molar-refractivity contribution is 0.0121. The number of ether oxygens (including phenoxy) is 1. The number of rotatable bonds is 5. The van der Waals surface area contributed by atoms with E-state index in [1.54, 1.807) is 18.5 Å². The van der Waals surface area contributed by atoms with Gasteiger partial charge in [-0.2, -0.15) is 0 Å². The minimum absolute atomic E-state index is 0.0142. The normalized spacial score (nSPS) is 17.3. The first-order valence-electron chi connectivity index (χ1n) is 8.10. The van der Waals surface area contributed by atoms with Crippen LogP contribution >= 0.6 is 0 Å². The van der Waals surface area contributed by atoms with Gasteiger partial charge in [-0.05, 0) is 24.4 Å². The summed E-state index contributed by atoms with van der Waals surface area (Å²) in [5.41, 5.74) is 1.09. The second kappa shape index (κ2) is 6.20. The molecule has 0 unspecified atom stereocenters. The van der Waals surface area contributed by atoms with E-state index >= 15 is 0 Å². The van der Waals surface area contributed by atoms with Crippen LogP contribution < -0.4 is 9.39 Å². The van der Waals surface area contributed by atoms with Crippen LogP contribution in [0.15, 0.2) is 24.5 Å². The SMILES string of the molecule is O=C(O)c1c(OC2CN(Cc3ncc[nH]3)C2)ccc2c1OBCC2. The fourth-order valence-electron chi connectivity index (χ4n) is 3.21. The Morgan fingerprint density at radius 1 is 1.50 bits per heavy atom. The predicted octanol–water partition coefficient (Wildman–Crippen LogP) is 1.08. The first-order chi connectivity index (χ1) is 11.7. The number of aryl methyl sites for hydroxylation is 1. The first-order valence-corrected chi connectivity index (χ1v) is 8.10. The summed E-state index contributed by atoms with van der Waals surface area (Å²) in [6, 6.07) is 3.67. The van der Waals surface area contributed by atoms with Crippen molar-refractivity contribution in [1.82, 2.24) is 14.9 Å². The van der Waals surface area contributed by atoms with E-state index in [-0.39, 0.29) is 11.7 Å². The van der Waals surface area contributed by atoms with Crippen LogP contribution in [0.5, 0.6) is 11.5 Å². The first kappa shape index (κ1) is 15.1. The van der Waals surface area contributed by atoms with Gasteiger partial charge in [0.2, 0.25) is 0 Å². The Hall–Kier alpha value is -2.48. The number of imidazole rings is 1. The van der Waals surface area contributed by atoms with Gasteiger partial charge < -0.3 is 19.5 Å². The van der Waals surface area contributed by atoms with Crippen LogP contribution in [-0.2, 0) is 13.0 Å². The van der Waals surface area contributed by atoms with E-state index in [1.807, 2.05) is 6.07 Å². The number of aromatic carboxylic acids is 1. The molecule has 4 rings (SSSR count). The van der Waals surface area contributed by atoms with E-state index in [0.29, 0.717) is 19.0 Å². The van der Waals surface area contributed by atoms with Gasteiger partial charge in [-0.15, -0.1) is 0 Å². The van der Waals surface area contributed by atoms with Gasteiger partial charge in [-0.3, -0.25) is 4.90 Å². The molecule has 2 aliphatic rings. The fraction of sp³-hybridized carbons (Fsp3) is 0.375. The fourth-order valence-corrected chi connectivity index (χ4v) is 3.21. The van der Waals surface area contributed by atoms with Crippen molar-refractivity contribution in [3.8, 4) is 11.5 Å². The molecule has 0 radical (unpaired) electrons. The molecule has 0 atom stereocenters. The third-order valence-corrected chi connectivity index (χ3v) is 4.40.